The van der Waals surface area contributed by atoms with E-state index in [0.717, 1.165) is 19.3 Å². The van der Waals surface area contributed by atoms with Crippen LogP contribution >= 0.6 is 0 Å². The van der Waals surface area contributed by atoms with Crippen LogP contribution in [0.4, 0.5) is 0 Å². The molecule has 0 spiro atoms. The van der Waals surface area contributed by atoms with E-state index in [0.29, 0.717) is 11.7 Å². The summed E-state index contributed by atoms with van der Waals surface area (Å²) in [5, 5.41) is 0. The van der Waals surface area contributed by atoms with Crippen molar-refractivity contribution in [2.24, 2.45) is 11.8 Å². The lowest BCUT2D eigenvalue weighted by Gasteiger charge is -2.18. The van der Waals surface area contributed by atoms with Crippen molar-refractivity contribution in [1.82, 2.24) is 0 Å². The number of Topliss-reactive ketones (excluding diaryl/α,β-unsaturated/α-hetero) is 1. The molecule has 0 fully saturated rings. The van der Waals surface area contributed by atoms with Crippen LogP contribution in [0.3, 0.4) is 0 Å². The maximum atomic E-state index is 12.1. The Morgan fingerprint density at radius 3 is 2.00 bits per heavy atom. The molecule has 0 saturated heterocycles. The zero-order valence-corrected chi connectivity index (χ0v) is 13.1. The Kier molecular flexibility index (Phi) is 11.5. The van der Waals surface area contributed by atoms with Crippen LogP contribution in [0.5, 0.6) is 0 Å². The molecule has 2 atom stereocenters. The second-order valence-electron chi connectivity index (χ2n) is 5.86. The van der Waals surface area contributed by atoms with Gasteiger partial charge in [0, 0.05) is 12.3 Å². The molecule has 108 valence electrons. The Morgan fingerprint density at radius 1 is 0.833 bits per heavy atom. The molecule has 0 heterocycles. The summed E-state index contributed by atoms with van der Waals surface area (Å²) in [7, 11) is 0. The minimum Gasteiger partial charge on any atom is -0.299 e. The molecule has 0 radical (unpaired) electrons. The summed E-state index contributed by atoms with van der Waals surface area (Å²) in [6, 6.07) is 0. The molecule has 1 heteroatoms. The van der Waals surface area contributed by atoms with Crippen LogP contribution in [-0.2, 0) is 4.79 Å². The van der Waals surface area contributed by atoms with Gasteiger partial charge in [-0.05, 0) is 12.3 Å². The largest absolute Gasteiger partial charge is 0.299 e. The van der Waals surface area contributed by atoms with Gasteiger partial charge < -0.3 is 0 Å². The lowest BCUT2D eigenvalue weighted by atomic mass is 9.87. The van der Waals surface area contributed by atoms with Gasteiger partial charge in [-0.2, -0.15) is 0 Å². The predicted octanol–water partition coefficient (Wildman–Crippen LogP) is 5.77. The highest BCUT2D eigenvalue weighted by molar-refractivity contribution is 5.80. The molecule has 18 heavy (non-hydrogen) atoms. The van der Waals surface area contributed by atoms with Gasteiger partial charge in [0.1, 0.15) is 5.78 Å². The van der Waals surface area contributed by atoms with E-state index in [1.54, 1.807) is 0 Å². The second-order valence-corrected chi connectivity index (χ2v) is 5.86. The van der Waals surface area contributed by atoms with Crippen molar-refractivity contribution in [3.05, 3.63) is 0 Å². The summed E-state index contributed by atoms with van der Waals surface area (Å²) in [5.74, 6) is 1.45. The summed E-state index contributed by atoms with van der Waals surface area (Å²) in [6.45, 7) is 8.76. The summed E-state index contributed by atoms with van der Waals surface area (Å²) in [4.78, 5) is 12.1. The molecule has 0 N–H and O–H groups in total. The average Bonchev–Trinajstić information content (AvgIpc) is 2.36. The molecule has 0 aliphatic heterocycles. The van der Waals surface area contributed by atoms with Crippen molar-refractivity contribution in [1.29, 1.82) is 0 Å². The molecule has 0 aromatic heterocycles. The third-order valence-electron chi connectivity index (χ3n) is 3.94. The van der Waals surface area contributed by atoms with E-state index < -0.39 is 0 Å². The number of ketones is 1. The van der Waals surface area contributed by atoms with Gasteiger partial charge in [-0.1, -0.05) is 79.1 Å². The molecular weight excluding hydrogens is 220 g/mol. The maximum absolute atomic E-state index is 12.1. The zero-order valence-electron chi connectivity index (χ0n) is 13.1. The predicted molar refractivity (Wildman–Crippen MR) is 80.9 cm³/mol. The van der Waals surface area contributed by atoms with Crippen LogP contribution in [0.15, 0.2) is 0 Å². The van der Waals surface area contributed by atoms with E-state index in [4.69, 9.17) is 0 Å². The topological polar surface area (TPSA) is 17.1 Å². The number of hydrogen-bond acceptors (Lipinski definition) is 1. The Bertz CT molecular complexity index is 198. The van der Waals surface area contributed by atoms with Crippen LogP contribution in [0.1, 0.15) is 91.9 Å². The first-order valence-electron chi connectivity index (χ1n) is 8.18. The van der Waals surface area contributed by atoms with Crippen molar-refractivity contribution in [2.45, 2.75) is 91.9 Å². The van der Waals surface area contributed by atoms with Crippen molar-refractivity contribution >= 4 is 5.78 Å². The molecule has 0 saturated carbocycles. The van der Waals surface area contributed by atoms with Gasteiger partial charge in [-0.3, -0.25) is 4.79 Å². The van der Waals surface area contributed by atoms with Crippen LogP contribution in [0, 0.1) is 11.8 Å². The van der Waals surface area contributed by atoms with E-state index >= 15 is 0 Å². The minimum absolute atomic E-state index is 0.283. The Balaban J connectivity index is 4.07. The van der Waals surface area contributed by atoms with Crippen molar-refractivity contribution in [3.63, 3.8) is 0 Å². The fourth-order valence-corrected chi connectivity index (χ4v) is 2.60. The van der Waals surface area contributed by atoms with Gasteiger partial charge in [0.05, 0.1) is 0 Å². The smallest absolute Gasteiger partial charge is 0.135 e. The molecule has 0 rings (SSSR count). The zero-order chi connectivity index (χ0) is 13.8. The molecule has 0 aromatic carbocycles. The molecule has 0 aliphatic carbocycles. The number of unbranched alkanes of at least 4 members (excludes halogenated alkanes) is 3. The van der Waals surface area contributed by atoms with Crippen molar-refractivity contribution in [3.8, 4) is 0 Å². The Morgan fingerprint density at radius 2 is 1.44 bits per heavy atom. The highest BCUT2D eigenvalue weighted by Gasteiger charge is 2.17. The van der Waals surface area contributed by atoms with Crippen LogP contribution in [-0.4, -0.2) is 5.78 Å². The lowest BCUT2D eigenvalue weighted by Crippen LogP contribution is -2.16. The van der Waals surface area contributed by atoms with Crippen LogP contribution in [0.2, 0.25) is 0 Å². The quantitative estimate of drug-likeness (QED) is 0.404. The second kappa shape index (κ2) is 11.7. The highest BCUT2D eigenvalue weighted by atomic mass is 16.1. The average molecular weight is 254 g/mol. The number of carbonyl (C=O) groups is 1. The fraction of sp³-hybridized carbons (Fsp3) is 0.941. The molecule has 1 nitrogen and oxygen atoms in total. The van der Waals surface area contributed by atoms with E-state index in [-0.39, 0.29) is 5.92 Å². The Hall–Kier alpha value is -0.330. The molecule has 0 aliphatic rings. The first kappa shape index (κ1) is 17.7. The summed E-state index contributed by atoms with van der Waals surface area (Å²) in [5.41, 5.74) is 0. The third kappa shape index (κ3) is 8.72. The minimum atomic E-state index is 0.283. The van der Waals surface area contributed by atoms with E-state index in [2.05, 4.69) is 27.7 Å². The van der Waals surface area contributed by atoms with Crippen LogP contribution in [0.25, 0.3) is 0 Å². The van der Waals surface area contributed by atoms with Gasteiger partial charge in [0.15, 0.2) is 0 Å². The number of hydrogen-bond donors (Lipinski definition) is 0. The molecule has 0 aromatic rings. The van der Waals surface area contributed by atoms with Crippen LogP contribution < -0.4 is 0 Å². The number of rotatable bonds is 12. The molecule has 0 amide bonds. The normalized spacial score (nSPS) is 14.4. The maximum Gasteiger partial charge on any atom is 0.135 e. The summed E-state index contributed by atoms with van der Waals surface area (Å²) in [6.07, 6.45) is 12.0. The molecule has 2 unspecified atom stereocenters. The monoisotopic (exact) mass is 254 g/mol. The lowest BCUT2D eigenvalue weighted by molar-refractivity contribution is -0.123. The first-order chi connectivity index (χ1) is 8.65. The van der Waals surface area contributed by atoms with Gasteiger partial charge in [0.25, 0.3) is 0 Å². The molecule has 0 bridgehead atoms. The van der Waals surface area contributed by atoms with Gasteiger partial charge in [-0.25, -0.2) is 0 Å². The third-order valence-corrected chi connectivity index (χ3v) is 3.94. The van der Waals surface area contributed by atoms with Crippen molar-refractivity contribution in [2.75, 3.05) is 0 Å². The molecular formula is C17H34O. The summed E-state index contributed by atoms with van der Waals surface area (Å²) < 4.78 is 0. The summed E-state index contributed by atoms with van der Waals surface area (Å²) >= 11 is 0. The standard InChI is InChI=1S/C17H34O/c1-5-8-10-13-16(12-9-6-2)14-17(18)15(4)11-7-3/h15-16H,5-14H2,1-4H3. The van der Waals surface area contributed by atoms with E-state index in [9.17, 15) is 4.79 Å². The fourth-order valence-electron chi connectivity index (χ4n) is 2.60. The first-order valence-corrected chi connectivity index (χ1v) is 8.18. The highest BCUT2D eigenvalue weighted by Crippen LogP contribution is 2.23. The van der Waals surface area contributed by atoms with Gasteiger partial charge in [-0.15, -0.1) is 0 Å². The van der Waals surface area contributed by atoms with Gasteiger partial charge in [0.2, 0.25) is 0 Å². The number of carbonyl (C=O) groups excluding carboxylic acids is 1. The van der Waals surface area contributed by atoms with Crippen molar-refractivity contribution < 1.29 is 4.79 Å². The van der Waals surface area contributed by atoms with E-state index in [1.807, 2.05) is 0 Å². The Labute approximate surface area is 115 Å². The van der Waals surface area contributed by atoms with E-state index in [1.165, 1.54) is 44.9 Å². The van der Waals surface area contributed by atoms with Gasteiger partial charge >= 0.3 is 0 Å². The SMILES string of the molecule is CCCCCC(CCCC)CC(=O)C(C)CCC.